The van der Waals surface area contributed by atoms with Crippen LogP contribution in [0.2, 0.25) is 0 Å². The van der Waals surface area contributed by atoms with Crippen molar-refractivity contribution in [1.82, 2.24) is 31.1 Å². The number of nitrogens with zero attached hydrogens (tertiary/aromatic N) is 6. The van der Waals surface area contributed by atoms with Gasteiger partial charge in [0.1, 0.15) is 0 Å². The molecule has 2 aliphatic carbocycles. The summed E-state index contributed by atoms with van der Waals surface area (Å²) in [7, 11) is 9.56. The zero-order valence-electron chi connectivity index (χ0n) is 43.8. The second-order valence-electron chi connectivity index (χ2n) is 15.8. The standard InChI is InChI=1S/C17H26N2O2.2C12H21N3O2.C9H14N2O2.ClH/c1-2-9-16(20)21-17(18-14-10-5-3-6-11-14)19-15-12-7-4-8-13-15;2*1-5-8-11(16)17-12(13-6-2)14-9-7-10-15(3)4;1-5-6-8(12)13-9(10-4)11-7(2)3;/h14-15H,3-8,10-13H2,1H3,(H,18,19);2*6-7,9-10H2,1-4H3,(H,13,14);7H,1-4H3,(H,10,11);1H. The molecule has 0 spiro atoms. The monoisotopic (exact) mass is 987 g/mol. The molecular formula is C50H83ClN10O8. The van der Waals surface area contributed by atoms with Gasteiger partial charge in [-0.3, -0.25) is 0 Å². The van der Waals surface area contributed by atoms with Crippen LogP contribution < -0.4 is 21.3 Å². The highest BCUT2D eigenvalue weighted by atomic mass is 35.5. The van der Waals surface area contributed by atoms with Crippen molar-refractivity contribution < 1.29 is 38.1 Å². The van der Waals surface area contributed by atoms with Gasteiger partial charge in [0, 0.05) is 69.0 Å². The summed E-state index contributed by atoms with van der Waals surface area (Å²) in [5.74, 6) is 17.0. The van der Waals surface area contributed by atoms with E-state index in [4.69, 9.17) is 18.9 Å². The fourth-order valence-electron chi connectivity index (χ4n) is 5.82. The Morgan fingerprint density at radius 1 is 0.580 bits per heavy atom. The van der Waals surface area contributed by atoms with Gasteiger partial charge in [-0.25, -0.2) is 39.1 Å². The summed E-state index contributed by atoms with van der Waals surface area (Å²) >= 11 is 0. The number of esters is 4. The van der Waals surface area contributed by atoms with Gasteiger partial charge in [-0.05, 0) is 135 Å². The normalized spacial score (nSPS) is 13.7. The lowest BCUT2D eigenvalue weighted by atomic mass is 9.95. The summed E-state index contributed by atoms with van der Waals surface area (Å²) in [6, 6.07) is 1.92. The van der Waals surface area contributed by atoms with Crippen LogP contribution in [-0.2, 0) is 38.1 Å². The Balaban J connectivity index is -0.000000850. The van der Waals surface area contributed by atoms with E-state index in [9.17, 15) is 19.2 Å². The van der Waals surface area contributed by atoms with Crippen LogP contribution in [0.25, 0.3) is 0 Å². The molecule has 2 saturated carbocycles. The van der Waals surface area contributed by atoms with Crippen LogP contribution >= 0.6 is 12.4 Å². The Morgan fingerprint density at radius 2 is 0.942 bits per heavy atom. The molecule has 0 amide bonds. The number of aliphatic imine (C=N–C) groups is 4. The Labute approximate surface area is 420 Å². The summed E-state index contributed by atoms with van der Waals surface area (Å²) < 4.78 is 20.0. The largest absolute Gasteiger partial charge is 0.392 e. The van der Waals surface area contributed by atoms with Gasteiger partial charge in [-0.2, -0.15) is 0 Å². The molecule has 18 nitrogen and oxygen atoms in total. The molecule has 0 unspecified atom stereocenters. The first kappa shape index (κ1) is 67.5. The molecule has 0 radical (unpaired) electrons. The van der Waals surface area contributed by atoms with Crippen LogP contribution in [0.3, 0.4) is 0 Å². The maximum Gasteiger partial charge on any atom is 0.392 e. The molecule has 0 bridgehead atoms. The lowest BCUT2D eigenvalue weighted by Gasteiger charge is -2.25. The topological polar surface area (TPSA) is 209 Å². The van der Waals surface area contributed by atoms with Crippen LogP contribution in [0.15, 0.2) is 20.0 Å². The van der Waals surface area contributed by atoms with E-state index in [1.807, 2.05) is 55.9 Å². The van der Waals surface area contributed by atoms with E-state index < -0.39 is 23.9 Å². The minimum absolute atomic E-state index is 0. The molecule has 2 rings (SSSR count). The maximum absolute atomic E-state index is 11.6. The summed E-state index contributed by atoms with van der Waals surface area (Å²) in [4.78, 5) is 65.7. The first-order valence-corrected chi connectivity index (χ1v) is 23.6. The van der Waals surface area contributed by atoms with Crippen molar-refractivity contribution in [3.63, 3.8) is 0 Å². The summed E-state index contributed by atoms with van der Waals surface area (Å²) in [6.45, 7) is 18.5. The molecule has 4 N–H and O–H groups in total. The van der Waals surface area contributed by atoms with Gasteiger partial charge in [0.05, 0.1) is 6.04 Å². The Hall–Kier alpha value is -5.79. The number of amidine groups is 4. The first-order chi connectivity index (χ1) is 32.6. The Morgan fingerprint density at radius 3 is 1.28 bits per heavy atom. The Bertz CT molecular complexity index is 1780. The SMILES string of the molecule is CC#CC(=O)OC(=NC)NC(C)C.CC#CC(=O)OC(=NC1CCCCC1)NC1CCCCC1.CC#CC(=O)OC(=NCCCN(C)C)NCC.CC#CC(=O)OC(=NCCCN(C)C)NCC.Cl. The molecule has 0 aliphatic heterocycles. The molecule has 0 saturated heterocycles. The smallest absolute Gasteiger partial charge is 0.383 e. The molecule has 2 aliphatic rings. The van der Waals surface area contributed by atoms with Crippen molar-refractivity contribution in [2.24, 2.45) is 20.0 Å². The van der Waals surface area contributed by atoms with E-state index in [2.05, 4.69) is 98.4 Å². The number of hydrogen-bond donors (Lipinski definition) is 4. The lowest BCUT2D eigenvalue weighted by molar-refractivity contribution is -0.130. The van der Waals surface area contributed by atoms with Crippen molar-refractivity contribution in [2.45, 2.75) is 151 Å². The zero-order valence-corrected chi connectivity index (χ0v) is 44.6. The third-order valence-corrected chi connectivity index (χ3v) is 8.78. The van der Waals surface area contributed by atoms with Crippen LogP contribution in [-0.4, -0.2) is 150 Å². The number of nitrogens with one attached hydrogen (secondary N) is 4. The summed E-state index contributed by atoms with van der Waals surface area (Å²) in [6.07, 6.45) is 13.8. The molecule has 0 aromatic rings. The minimum atomic E-state index is -0.601. The number of ether oxygens (including phenoxy) is 4. The van der Waals surface area contributed by atoms with Crippen LogP contribution in [0, 0.1) is 47.4 Å². The number of carbonyl (C=O) groups excluding carboxylic acids is 4. The van der Waals surface area contributed by atoms with Crippen molar-refractivity contribution in [3.05, 3.63) is 0 Å². The summed E-state index contributed by atoms with van der Waals surface area (Å²) in [5.41, 5.74) is 0. The van der Waals surface area contributed by atoms with Gasteiger partial charge in [0.2, 0.25) is 0 Å². The molecule has 69 heavy (non-hydrogen) atoms. The van der Waals surface area contributed by atoms with Crippen LogP contribution in [0.5, 0.6) is 0 Å². The molecule has 0 heterocycles. The van der Waals surface area contributed by atoms with E-state index in [-0.39, 0.29) is 42.6 Å². The zero-order chi connectivity index (χ0) is 51.4. The second-order valence-corrected chi connectivity index (χ2v) is 15.8. The predicted molar refractivity (Wildman–Crippen MR) is 280 cm³/mol. The van der Waals surface area contributed by atoms with Crippen LogP contribution in [0.4, 0.5) is 0 Å². The molecule has 0 aromatic heterocycles. The Kier molecular flexibility index (Phi) is 45.0. The van der Waals surface area contributed by atoms with Gasteiger partial charge >= 0.3 is 23.9 Å². The van der Waals surface area contributed by atoms with Crippen molar-refractivity contribution in [3.8, 4) is 47.4 Å². The molecular weight excluding hydrogens is 904 g/mol. The molecule has 0 aromatic carbocycles. The average molecular weight is 988 g/mol. The fourth-order valence-corrected chi connectivity index (χ4v) is 5.82. The third-order valence-electron chi connectivity index (χ3n) is 8.78. The minimum Gasteiger partial charge on any atom is -0.383 e. The highest BCUT2D eigenvalue weighted by Gasteiger charge is 2.20. The maximum atomic E-state index is 11.6. The van der Waals surface area contributed by atoms with Crippen LogP contribution in [0.1, 0.15) is 132 Å². The highest BCUT2D eigenvalue weighted by Crippen LogP contribution is 2.21. The van der Waals surface area contributed by atoms with Gasteiger partial charge in [0.15, 0.2) is 0 Å². The fraction of sp³-hybridized carbons (Fsp3) is 0.680. The molecule has 388 valence electrons. The summed E-state index contributed by atoms with van der Waals surface area (Å²) in [5, 5.41) is 12.0. The van der Waals surface area contributed by atoms with Crippen molar-refractivity contribution >= 4 is 60.4 Å². The van der Waals surface area contributed by atoms with E-state index in [1.54, 1.807) is 27.7 Å². The lowest BCUT2D eigenvalue weighted by Crippen LogP contribution is -2.39. The number of rotatable bonds is 13. The second kappa shape index (κ2) is 46.0. The molecule has 0 atom stereocenters. The average Bonchev–Trinajstić information content (AvgIpc) is 3.28. The van der Waals surface area contributed by atoms with E-state index in [1.165, 1.54) is 45.6 Å². The number of carbonyl (C=O) groups is 4. The molecule has 19 heteroatoms. The van der Waals surface area contributed by atoms with E-state index >= 15 is 0 Å². The van der Waals surface area contributed by atoms with E-state index in [0.29, 0.717) is 38.2 Å². The quantitative estimate of drug-likeness (QED) is 0.0362. The number of halogens is 1. The van der Waals surface area contributed by atoms with Gasteiger partial charge in [0.25, 0.3) is 24.1 Å². The predicted octanol–water partition coefficient (Wildman–Crippen LogP) is 5.06. The third kappa shape index (κ3) is 43.3. The number of hydrogen-bond acceptors (Lipinski definition) is 14. The van der Waals surface area contributed by atoms with Gasteiger partial charge < -0.3 is 50.0 Å². The van der Waals surface area contributed by atoms with Crippen molar-refractivity contribution in [1.29, 1.82) is 0 Å². The molecule has 2 fully saturated rings. The van der Waals surface area contributed by atoms with Crippen molar-refractivity contribution in [2.75, 3.05) is 74.5 Å². The van der Waals surface area contributed by atoms with Gasteiger partial charge in [-0.15, -0.1) is 12.4 Å². The highest BCUT2D eigenvalue weighted by molar-refractivity contribution is 5.99. The van der Waals surface area contributed by atoms with E-state index in [0.717, 1.165) is 51.6 Å². The first-order valence-electron chi connectivity index (χ1n) is 23.6. The van der Waals surface area contributed by atoms with Gasteiger partial charge in [-0.1, -0.05) is 62.2 Å².